The van der Waals surface area contributed by atoms with Crippen LogP contribution < -0.4 is 5.32 Å². The molecule has 1 fully saturated rings. The number of nitrogens with one attached hydrogen (secondary N) is 1. The zero-order valence-corrected chi connectivity index (χ0v) is 21.3. The third-order valence-electron chi connectivity index (χ3n) is 6.62. The molecule has 0 spiro atoms. The number of aromatic nitrogens is 4. The molecule has 3 amide bonds. The molecule has 3 aromatic heterocycles. The van der Waals surface area contributed by atoms with E-state index >= 15 is 0 Å². The fraction of sp³-hybridized carbons (Fsp3) is 0.280. The molecule has 35 heavy (non-hydrogen) atoms. The number of carbonyl (C=O) groups excluding carboxylic acids is 2. The lowest BCUT2D eigenvalue weighted by molar-refractivity contribution is -0.781. The van der Waals surface area contributed by atoms with Crippen LogP contribution in [0.2, 0.25) is 0 Å². The molecule has 0 radical (unpaired) electrons. The van der Waals surface area contributed by atoms with Crippen LogP contribution in [0.3, 0.4) is 0 Å². The first-order chi connectivity index (χ1) is 17.0. The van der Waals surface area contributed by atoms with E-state index in [0.717, 1.165) is 29.2 Å². The number of para-hydroxylation sites is 2. The zero-order chi connectivity index (χ0) is 24.4. The normalized spacial score (nSPS) is 19.7. The topological polar surface area (TPSA) is 81.8 Å². The van der Waals surface area contributed by atoms with E-state index in [-0.39, 0.29) is 28.2 Å². The van der Waals surface area contributed by atoms with Gasteiger partial charge in [-0.2, -0.15) is 4.48 Å². The van der Waals surface area contributed by atoms with E-state index in [0.29, 0.717) is 17.4 Å². The Morgan fingerprint density at radius 2 is 1.94 bits per heavy atom. The van der Waals surface area contributed by atoms with Crippen molar-refractivity contribution in [1.82, 2.24) is 19.3 Å². The van der Waals surface area contributed by atoms with Gasteiger partial charge in [0.1, 0.15) is 11.8 Å². The van der Waals surface area contributed by atoms with Gasteiger partial charge in [0, 0.05) is 32.3 Å². The standard InChI is InChI=1S/C25H26N6O2S2/c1-18-9-7-15-31(18,25(33)26-19-10-3-4-11-20(19)30-13-5-6-14-30)22(32)17-35-24-28-27-23(29(24)2)21-12-8-16-34-21/h3-6,8,10-14,16,18H,7,9,15,17H2,1-2H3/p+1/t18-,31?/m1/s1. The minimum absolute atomic E-state index is 0.0944. The summed E-state index contributed by atoms with van der Waals surface area (Å²) in [6, 6.07) is 15.1. The highest BCUT2D eigenvalue weighted by Crippen LogP contribution is 2.33. The van der Waals surface area contributed by atoms with E-state index in [1.807, 2.05) is 89.4 Å². The van der Waals surface area contributed by atoms with Crippen molar-refractivity contribution in [2.45, 2.75) is 31.0 Å². The third kappa shape index (κ3) is 4.33. The quantitative estimate of drug-likeness (QED) is 0.287. The largest absolute Gasteiger partial charge is 0.428 e. The van der Waals surface area contributed by atoms with Crippen LogP contribution in [0.15, 0.2) is 71.5 Å². The number of amides is 3. The lowest BCUT2D eigenvalue weighted by Gasteiger charge is -2.33. The Balaban J connectivity index is 1.36. The van der Waals surface area contributed by atoms with Crippen LogP contribution in [0.5, 0.6) is 0 Å². The second-order valence-corrected chi connectivity index (χ2v) is 10.5. The summed E-state index contributed by atoms with van der Waals surface area (Å²) in [7, 11) is 1.90. The lowest BCUT2D eigenvalue weighted by atomic mass is 10.2. The van der Waals surface area contributed by atoms with E-state index in [1.54, 1.807) is 11.3 Å². The molecule has 8 nitrogen and oxygen atoms in total. The second kappa shape index (κ2) is 9.80. The van der Waals surface area contributed by atoms with Gasteiger partial charge in [-0.05, 0) is 42.6 Å². The Bertz CT molecular complexity index is 1330. The minimum Gasteiger partial charge on any atom is -0.322 e. The average molecular weight is 508 g/mol. The number of thiophene rings is 1. The highest BCUT2D eigenvalue weighted by Gasteiger charge is 2.52. The maximum absolute atomic E-state index is 13.7. The van der Waals surface area contributed by atoms with E-state index in [4.69, 9.17) is 0 Å². The Labute approximate surface area is 212 Å². The molecule has 180 valence electrons. The summed E-state index contributed by atoms with van der Waals surface area (Å²) >= 11 is 2.93. The number of hydrogen-bond donors (Lipinski definition) is 1. The van der Waals surface area contributed by atoms with Crippen LogP contribution in [0.1, 0.15) is 19.8 Å². The van der Waals surface area contributed by atoms with Gasteiger partial charge in [0.25, 0.3) is 0 Å². The van der Waals surface area contributed by atoms with Gasteiger partial charge in [-0.3, -0.25) is 5.32 Å². The maximum Gasteiger partial charge on any atom is 0.428 e. The number of imide groups is 1. The average Bonchev–Trinajstić information content (AvgIpc) is 3.66. The molecule has 0 saturated carbocycles. The van der Waals surface area contributed by atoms with Crippen molar-refractivity contribution in [2.75, 3.05) is 17.6 Å². The molecule has 5 rings (SSSR count). The molecule has 2 atom stereocenters. The van der Waals surface area contributed by atoms with Crippen LogP contribution in [-0.4, -0.2) is 54.1 Å². The van der Waals surface area contributed by atoms with Crippen LogP contribution in [-0.2, 0) is 11.8 Å². The van der Waals surface area contributed by atoms with Gasteiger partial charge in [0.05, 0.1) is 22.8 Å². The van der Waals surface area contributed by atoms with Gasteiger partial charge in [-0.25, -0.2) is 9.59 Å². The Morgan fingerprint density at radius 3 is 2.66 bits per heavy atom. The molecule has 0 bridgehead atoms. The second-order valence-electron chi connectivity index (χ2n) is 8.65. The van der Waals surface area contributed by atoms with E-state index in [1.165, 1.54) is 11.8 Å². The Kier molecular flexibility index (Phi) is 6.59. The summed E-state index contributed by atoms with van der Waals surface area (Å²) in [5.74, 6) is 0.803. The number of anilines is 1. The van der Waals surface area contributed by atoms with Crippen LogP contribution in [0, 0.1) is 0 Å². The maximum atomic E-state index is 13.7. The van der Waals surface area contributed by atoms with E-state index in [9.17, 15) is 9.59 Å². The molecular weight excluding hydrogens is 480 g/mol. The summed E-state index contributed by atoms with van der Waals surface area (Å²) in [6.07, 6.45) is 5.52. The smallest absolute Gasteiger partial charge is 0.322 e. The lowest BCUT2D eigenvalue weighted by Crippen LogP contribution is -2.61. The number of urea groups is 1. The molecule has 1 aliphatic rings. The molecule has 1 N–H and O–H groups in total. The van der Waals surface area contributed by atoms with Crippen LogP contribution in [0.4, 0.5) is 10.5 Å². The summed E-state index contributed by atoms with van der Waals surface area (Å²) in [5.41, 5.74) is 1.54. The van der Waals surface area contributed by atoms with Crippen molar-refractivity contribution in [3.63, 3.8) is 0 Å². The molecule has 1 saturated heterocycles. The fourth-order valence-corrected chi connectivity index (χ4v) is 6.29. The molecule has 1 aromatic carbocycles. The Morgan fingerprint density at radius 1 is 1.14 bits per heavy atom. The van der Waals surface area contributed by atoms with Crippen LogP contribution >= 0.6 is 23.1 Å². The van der Waals surface area contributed by atoms with Gasteiger partial charge in [-0.1, -0.05) is 30.0 Å². The highest BCUT2D eigenvalue weighted by atomic mass is 32.2. The molecule has 1 unspecified atom stereocenters. The monoisotopic (exact) mass is 507 g/mol. The molecule has 0 aliphatic carbocycles. The third-order valence-corrected chi connectivity index (χ3v) is 8.49. The molecule has 4 heterocycles. The zero-order valence-electron chi connectivity index (χ0n) is 19.6. The molecule has 1 aliphatic heterocycles. The number of benzene rings is 1. The summed E-state index contributed by atoms with van der Waals surface area (Å²) in [4.78, 5) is 28.4. The van der Waals surface area contributed by atoms with Crippen molar-refractivity contribution in [1.29, 1.82) is 0 Å². The van der Waals surface area contributed by atoms with Gasteiger partial charge in [-0.15, -0.1) is 21.5 Å². The number of hydrogen-bond acceptors (Lipinski definition) is 6. The van der Waals surface area contributed by atoms with Crippen molar-refractivity contribution < 1.29 is 14.1 Å². The van der Waals surface area contributed by atoms with Gasteiger partial charge in [0.2, 0.25) is 0 Å². The molecular formula is C25H27N6O2S2+. The van der Waals surface area contributed by atoms with E-state index < -0.39 is 0 Å². The van der Waals surface area contributed by atoms with Gasteiger partial charge < -0.3 is 9.13 Å². The summed E-state index contributed by atoms with van der Waals surface area (Å²) in [5, 5.41) is 14.3. The van der Waals surface area contributed by atoms with Crippen molar-refractivity contribution in [3.8, 4) is 16.4 Å². The predicted octanol–water partition coefficient (Wildman–Crippen LogP) is 5.18. The number of likely N-dealkylation sites (tertiary alicyclic amines) is 1. The summed E-state index contributed by atoms with van der Waals surface area (Å²) < 4.78 is 3.64. The minimum atomic E-state index is -0.280. The number of quaternary nitrogens is 1. The number of thioether (sulfide) groups is 1. The first-order valence-corrected chi connectivity index (χ1v) is 13.4. The first-order valence-electron chi connectivity index (χ1n) is 11.5. The first kappa shape index (κ1) is 23.5. The predicted molar refractivity (Wildman–Crippen MR) is 139 cm³/mol. The molecule has 4 aromatic rings. The fourth-order valence-electron chi connectivity index (χ4n) is 4.68. The van der Waals surface area contributed by atoms with Crippen LogP contribution in [0.25, 0.3) is 16.4 Å². The SMILES string of the molecule is C[C@@H]1CCC[N+]1(C(=O)CSc1nnc(-c2cccs2)n1C)C(=O)Nc1ccccc1-n1cccc1. The summed E-state index contributed by atoms with van der Waals surface area (Å²) in [6.45, 7) is 2.49. The van der Waals surface area contributed by atoms with Crippen molar-refractivity contribution >= 4 is 40.7 Å². The number of nitrogens with zero attached hydrogens (tertiary/aromatic N) is 5. The van der Waals surface area contributed by atoms with Gasteiger partial charge >= 0.3 is 11.9 Å². The van der Waals surface area contributed by atoms with E-state index in [2.05, 4.69) is 15.5 Å². The van der Waals surface area contributed by atoms with Crippen molar-refractivity contribution in [2.24, 2.45) is 7.05 Å². The number of rotatable bonds is 6. The van der Waals surface area contributed by atoms with Crippen molar-refractivity contribution in [3.05, 3.63) is 66.3 Å². The highest BCUT2D eigenvalue weighted by molar-refractivity contribution is 7.99. The Hall–Kier alpha value is -3.21. The molecule has 10 heteroatoms. The number of carbonyl (C=O) groups is 2. The van der Waals surface area contributed by atoms with Gasteiger partial charge in [0.15, 0.2) is 11.0 Å².